The molecule has 4 aromatic rings. The quantitative estimate of drug-likeness (QED) is 0.0264. The third-order valence-electron chi connectivity index (χ3n) is 23.3. The summed E-state index contributed by atoms with van der Waals surface area (Å²) in [7, 11) is 0. The lowest BCUT2D eigenvalue weighted by Gasteiger charge is -2.51. The van der Waals surface area contributed by atoms with Crippen LogP contribution in [0.15, 0.2) is 71.4 Å². The van der Waals surface area contributed by atoms with E-state index in [1.165, 1.54) is 23.0 Å². The van der Waals surface area contributed by atoms with Crippen molar-refractivity contribution >= 4 is 40.3 Å². The van der Waals surface area contributed by atoms with Gasteiger partial charge < -0.3 is 48.8 Å². The van der Waals surface area contributed by atoms with E-state index in [9.17, 15) is 29.6 Å². The smallest absolute Gasteiger partial charge is 0.260 e. The molecule has 566 valence electrons. The van der Waals surface area contributed by atoms with Crippen LogP contribution in [-0.2, 0) is 32.0 Å². The average molecular weight is 1430 g/mol. The zero-order chi connectivity index (χ0) is 73.2. The first-order valence-electron chi connectivity index (χ1n) is 39.6. The number of amides is 4. The third-order valence-corrected chi connectivity index (χ3v) is 23.3. The van der Waals surface area contributed by atoms with Gasteiger partial charge in [0.1, 0.15) is 35.9 Å². The zero-order valence-corrected chi connectivity index (χ0v) is 63.8. The topological polar surface area (TPSA) is 227 Å². The van der Waals surface area contributed by atoms with Gasteiger partial charge in [0, 0.05) is 160 Å². The van der Waals surface area contributed by atoms with Crippen LogP contribution in [0.25, 0.3) is 33.4 Å². The van der Waals surface area contributed by atoms with E-state index >= 15 is 0 Å². The number of piperazine rings is 2. The van der Waals surface area contributed by atoms with Crippen LogP contribution in [0.3, 0.4) is 0 Å². The fraction of sp³-hybridized carbons (Fsp3) is 0.667. The summed E-state index contributed by atoms with van der Waals surface area (Å²) in [6.07, 6.45) is 29.4. The van der Waals surface area contributed by atoms with Crippen molar-refractivity contribution in [3.63, 3.8) is 0 Å². The standard InChI is InChI=1S/C81H119N14O9/c1-78(2)52-64(53-79(3,4)94(78)100)92-56-60(82-84-92)28-19-13-9-11-15-21-32-72(96)88-42-46-90(47-43-88)74(98)58-102-68-30-27-31-69(77(68)76-66-36-34-62(86-38-23-17-24-39-86)50-70(66)104-71-51-63(35-37-67(71)76)87-40-25-18-26-41-87)103-59-75(99)91-48-44-89(45-49-91)73(97)33-22-16-12-10-14-20-29-61-57-93(85-83-61)65-54-80(5,6)95(101)81(7,8)55-65/h27,30-31,34-37,50-51,56-57,64-65,100-101H,9-26,28-29,32-33,38-49,52-55,58-59H2,1-8H3/q+1. The Morgan fingerprint density at radius 1 is 0.490 bits per heavy atom. The van der Waals surface area contributed by atoms with Gasteiger partial charge in [-0.05, 0) is 176 Å². The number of unbranched alkanes of at least 4 members (excludes halogenated alkanes) is 10. The first-order chi connectivity index (χ1) is 50.0. The van der Waals surface area contributed by atoms with Crippen LogP contribution in [-0.4, -0.2) is 208 Å². The Bertz CT molecular complexity index is 3720. The van der Waals surface area contributed by atoms with Crippen molar-refractivity contribution in [3.8, 4) is 33.9 Å². The van der Waals surface area contributed by atoms with E-state index < -0.39 is 0 Å². The van der Waals surface area contributed by atoms with Gasteiger partial charge in [-0.1, -0.05) is 67.9 Å². The number of aryl methyl sites for hydroxylation is 2. The van der Waals surface area contributed by atoms with Crippen molar-refractivity contribution in [3.05, 3.63) is 83.7 Å². The summed E-state index contributed by atoms with van der Waals surface area (Å²) in [4.78, 5) is 65.5. The number of piperidine rings is 4. The van der Waals surface area contributed by atoms with Crippen LogP contribution in [0.4, 0.5) is 5.69 Å². The molecule has 23 nitrogen and oxygen atoms in total. The molecule has 104 heavy (non-hydrogen) atoms. The van der Waals surface area contributed by atoms with Crippen LogP contribution >= 0.6 is 0 Å². The summed E-state index contributed by atoms with van der Waals surface area (Å²) in [5.41, 5.74) is 4.72. The van der Waals surface area contributed by atoms with Gasteiger partial charge in [-0.15, -0.1) is 10.2 Å². The van der Waals surface area contributed by atoms with Gasteiger partial charge in [-0.3, -0.25) is 19.2 Å². The second-order valence-corrected chi connectivity index (χ2v) is 33.3. The summed E-state index contributed by atoms with van der Waals surface area (Å²) in [5.74, 6) is 1.50. The summed E-state index contributed by atoms with van der Waals surface area (Å²) in [6.45, 7) is 23.5. The lowest BCUT2D eigenvalue weighted by atomic mass is 9.79. The summed E-state index contributed by atoms with van der Waals surface area (Å²) in [5, 5.41) is 44.5. The van der Waals surface area contributed by atoms with Crippen molar-refractivity contribution in [2.45, 2.75) is 257 Å². The first-order valence-corrected chi connectivity index (χ1v) is 39.6. The fourth-order valence-electron chi connectivity index (χ4n) is 17.6. The van der Waals surface area contributed by atoms with Crippen molar-refractivity contribution in [2.75, 3.05) is 96.7 Å². The summed E-state index contributed by atoms with van der Waals surface area (Å²) < 4.78 is 26.9. The molecule has 1 aliphatic carbocycles. The highest BCUT2D eigenvalue weighted by Gasteiger charge is 2.47. The molecule has 0 spiro atoms. The Labute approximate surface area is 616 Å². The van der Waals surface area contributed by atoms with Crippen LogP contribution < -0.4 is 24.3 Å². The number of hydroxylamine groups is 4. The number of anilines is 1. The maximum absolute atomic E-state index is 14.3. The predicted octanol–water partition coefficient (Wildman–Crippen LogP) is 12.5. The molecule has 0 bridgehead atoms. The maximum atomic E-state index is 14.3. The van der Waals surface area contributed by atoms with Crippen LogP contribution in [0.2, 0.25) is 0 Å². The van der Waals surface area contributed by atoms with Gasteiger partial charge in [0.2, 0.25) is 17.2 Å². The molecule has 2 N–H and O–H groups in total. The maximum Gasteiger partial charge on any atom is 0.260 e. The van der Waals surface area contributed by atoms with Crippen molar-refractivity contribution in [2.24, 2.45) is 0 Å². The van der Waals surface area contributed by atoms with Gasteiger partial charge >= 0.3 is 0 Å². The molecule has 0 saturated carbocycles. The molecule has 7 aliphatic heterocycles. The molecule has 6 saturated heterocycles. The number of carbonyl (C=O) groups is 4. The minimum absolute atomic E-state index is 0.131. The van der Waals surface area contributed by atoms with Crippen LogP contribution in [0, 0.1) is 0 Å². The summed E-state index contributed by atoms with van der Waals surface area (Å²) in [6, 6.07) is 18.9. The highest BCUT2D eigenvalue weighted by molar-refractivity contribution is 6.05. The number of fused-ring (bicyclic) bond motifs is 2. The lowest BCUT2D eigenvalue weighted by molar-refractivity contribution is -0.249. The van der Waals surface area contributed by atoms with Crippen molar-refractivity contribution in [1.82, 2.24) is 64.3 Å². The second-order valence-electron chi connectivity index (χ2n) is 33.3. The van der Waals surface area contributed by atoms with Crippen molar-refractivity contribution in [1.29, 1.82) is 0 Å². The monoisotopic (exact) mass is 1430 g/mol. The minimum Gasteiger partial charge on any atom is -0.483 e. The number of ether oxygens (including phenoxy) is 2. The van der Waals surface area contributed by atoms with Gasteiger partial charge in [0.25, 0.3) is 11.8 Å². The number of benzene rings is 3. The molecule has 0 unspecified atom stereocenters. The van der Waals surface area contributed by atoms with Crippen LogP contribution in [0.1, 0.15) is 233 Å². The zero-order valence-electron chi connectivity index (χ0n) is 63.8. The SMILES string of the molecule is CC1(C)CC(n2cc(CCCCCCCCC(=O)N3CCN(C(=O)COc4cccc(OCC(=O)N5CCN(C(=O)CCCCCCCCc6cn(C7CC(C)(C)N(O)C(C)(C)C7)nn6)CC5)c4-c4c5ccc(=[N+]6CCCCC6)cc-5oc5cc(N6CCCCC6)ccc45)CC3)nn2)CC(C)(C)N1O. The molecule has 8 aliphatic rings. The predicted molar refractivity (Wildman–Crippen MR) is 403 cm³/mol. The summed E-state index contributed by atoms with van der Waals surface area (Å²) >= 11 is 0. The van der Waals surface area contributed by atoms with Gasteiger partial charge in [-0.25, -0.2) is 13.9 Å². The molecule has 12 rings (SSSR count). The highest BCUT2D eigenvalue weighted by atomic mass is 16.5. The molecule has 2 aromatic heterocycles. The van der Waals surface area contributed by atoms with E-state index in [4.69, 9.17) is 13.9 Å². The fourth-order valence-corrected chi connectivity index (χ4v) is 17.6. The van der Waals surface area contributed by atoms with E-state index in [0.717, 1.165) is 206 Å². The molecule has 4 amide bonds. The van der Waals surface area contributed by atoms with Gasteiger partial charge in [0.15, 0.2) is 13.2 Å². The number of nitrogens with zero attached hydrogens (tertiary/aromatic N) is 14. The molecule has 0 radical (unpaired) electrons. The van der Waals surface area contributed by atoms with Crippen LogP contribution in [0.5, 0.6) is 11.5 Å². The third kappa shape index (κ3) is 18.7. The van der Waals surface area contributed by atoms with Gasteiger partial charge in [0.05, 0.1) is 35.1 Å². The normalized spacial score (nSPS) is 19.9. The lowest BCUT2D eigenvalue weighted by Crippen LogP contribution is -2.59. The Morgan fingerprint density at radius 2 is 0.923 bits per heavy atom. The molecule has 9 heterocycles. The number of carbonyl (C=O) groups excluding carboxylic acids is 4. The first kappa shape index (κ1) is 76.2. The van der Waals surface area contributed by atoms with Crippen molar-refractivity contribution < 1.29 is 43.5 Å². The Morgan fingerprint density at radius 3 is 1.39 bits per heavy atom. The van der Waals surface area contributed by atoms with Gasteiger partial charge in [-0.2, -0.15) is 10.1 Å². The Kier molecular flexibility index (Phi) is 24.9. The van der Waals surface area contributed by atoms with E-state index in [1.807, 2.05) is 37.4 Å². The number of hydrogen-bond acceptors (Lipinski definition) is 16. The average Bonchev–Trinajstić information content (AvgIpc) is 0.801. The minimum atomic E-state index is -0.352. The van der Waals surface area contributed by atoms with E-state index in [2.05, 4.69) is 134 Å². The molecule has 23 heteroatoms. The number of hydrogen-bond donors (Lipinski definition) is 2. The number of rotatable bonds is 28. The number of aromatic nitrogens is 6. The van der Waals surface area contributed by atoms with E-state index in [-0.39, 0.29) is 71.1 Å². The Hall–Kier alpha value is -7.47. The molecular formula is C81H119N14O9+. The van der Waals surface area contributed by atoms with E-state index in [0.29, 0.717) is 93.6 Å². The largest absolute Gasteiger partial charge is 0.483 e. The molecular weight excluding hydrogens is 1310 g/mol. The van der Waals surface area contributed by atoms with E-state index in [1.54, 1.807) is 9.80 Å². The molecule has 2 aromatic carbocycles. The molecule has 0 atom stereocenters. The molecule has 6 fully saturated rings. The second kappa shape index (κ2) is 34.0. The highest BCUT2D eigenvalue weighted by Crippen LogP contribution is 2.49. The Balaban J connectivity index is 0.635.